The number of nitrogens with one attached hydrogen (secondary N) is 2. The molecule has 0 aliphatic carbocycles. The van der Waals surface area contributed by atoms with Gasteiger partial charge in [0.2, 0.25) is 0 Å². The van der Waals surface area contributed by atoms with Gasteiger partial charge in [0.25, 0.3) is 0 Å². The summed E-state index contributed by atoms with van der Waals surface area (Å²) in [5, 5.41) is 6.85. The summed E-state index contributed by atoms with van der Waals surface area (Å²) in [5.41, 5.74) is 0.931. The van der Waals surface area contributed by atoms with Gasteiger partial charge in [0.15, 0.2) is 11.6 Å². The molecule has 8 nitrogen and oxygen atoms in total. The summed E-state index contributed by atoms with van der Waals surface area (Å²) in [6, 6.07) is 7.51. The molecule has 1 fully saturated rings. The quantitative estimate of drug-likeness (QED) is 0.568. The molecule has 162 valence electrons. The van der Waals surface area contributed by atoms with Gasteiger partial charge in [0, 0.05) is 50.2 Å². The van der Waals surface area contributed by atoms with Crippen molar-refractivity contribution in [3.63, 3.8) is 0 Å². The number of fused-ring (bicyclic) bond motifs is 1. The minimum Gasteiger partial charge on any atom is -0.453 e. The summed E-state index contributed by atoms with van der Waals surface area (Å²) in [4.78, 5) is 30.4. The van der Waals surface area contributed by atoms with Crippen molar-refractivity contribution in [3.05, 3.63) is 47.7 Å². The summed E-state index contributed by atoms with van der Waals surface area (Å²) >= 11 is 1.45. The molecule has 0 radical (unpaired) electrons. The number of rotatable bonds is 6. The highest BCUT2D eigenvalue weighted by molar-refractivity contribution is 7.17. The smallest absolute Gasteiger partial charge is 0.313 e. The third-order valence-electron chi connectivity index (χ3n) is 4.74. The second kappa shape index (κ2) is 9.82. The number of thiophene rings is 1. The standard InChI is InChI=1S/C21H21FN4O4S/c22-15-13-14(25-21(28)20(27)24-6-7-26-8-10-29-11-9-26)1-2-17(15)30-18-3-5-23-16-4-12-31-19(16)18/h1-5,12-13H,6-11H2,(H,24,27)(H,25,28). The topological polar surface area (TPSA) is 92.8 Å². The normalized spacial score (nSPS) is 14.4. The van der Waals surface area contributed by atoms with E-state index < -0.39 is 17.6 Å². The zero-order chi connectivity index (χ0) is 21.6. The number of benzene rings is 1. The van der Waals surface area contributed by atoms with Crippen molar-refractivity contribution in [2.45, 2.75) is 0 Å². The first-order chi connectivity index (χ1) is 15.1. The largest absolute Gasteiger partial charge is 0.453 e. The van der Waals surface area contributed by atoms with Crippen LogP contribution >= 0.6 is 11.3 Å². The van der Waals surface area contributed by atoms with Gasteiger partial charge in [-0.2, -0.15) is 0 Å². The van der Waals surface area contributed by atoms with Gasteiger partial charge in [0.1, 0.15) is 5.75 Å². The summed E-state index contributed by atoms with van der Waals surface area (Å²) in [6.07, 6.45) is 1.59. The molecule has 10 heteroatoms. The Labute approximate surface area is 182 Å². The number of halogens is 1. The predicted molar refractivity (Wildman–Crippen MR) is 115 cm³/mol. The monoisotopic (exact) mass is 444 g/mol. The Bertz CT molecular complexity index is 1080. The number of anilines is 1. The van der Waals surface area contributed by atoms with Crippen LogP contribution in [0, 0.1) is 5.82 Å². The highest BCUT2D eigenvalue weighted by Crippen LogP contribution is 2.34. The first-order valence-corrected chi connectivity index (χ1v) is 10.7. The van der Waals surface area contributed by atoms with Crippen molar-refractivity contribution >= 4 is 39.1 Å². The highest BCUT2D eigenvalue weighted by Gasteiger charge is 2.16. The van der Waals surface area contributed by atoms with E-state index in [1.807, 2.05) is 11.4 Å². The van der Waals surface area contributed by atoms with Gasteiger partial charge in [-0.25, -0.2) is 4.39 Å². The maximum atomic E-state index is 14.5. The van der Waals surface area contributed by atoms with Crippen molar-refractivity contribution in [3.8, 4) is 11.5 Å². The maximum absolute atomic E-state index is 14.5. The minimum atomic E-state index is -0.857. The van der Waals surface area contributed by atoms with Gasteiger partial charge >= 0.3 is 11.8 Å². The third kappa shape index (κ3) is 5.35. The van der Waals surface area contributed by atoms with Crippen LogP contribution in [0.3, 0.4) is 0 Å². The fourth-order valence-electron chi connectivity index (χ4n) is 3.13. The lowest BCUT2D eigenvalue weighted by atomic mass is 10.2. The Morgan fingerprint density at radius 2 is 2.00 bits per heavy atom. The number of morpholine rings is 1. The number of carbonyl (C=O) groups excluding carboxylic acids is 2. The van der Waals surface area contributed by atoms with Crippen molar-refractivity contribution < 1.29 is 23.5 Å². The second-order valence-electron chi connectivity index (χ2n) is 6.86. The zero-order valence-electron chi connectivity index (χ0n) is 16.6. The van der Waals surface area contributed by atoms with Crippen LogP contribution in [0.25, 0.3) is 10.2 Å². The third-order valence-corrected chi connectivity index (χ3v) is 5.66. The summed E-state index contributed by atoms with van der Waals surface area (Å²) in [7, 11) is 0. The Balaban J connectivity index is 1.31. The number of ether oxygens (including phenoxy) is 2. The van der Waals surface area contributed by atoms with Crippen LogP contribution in [-0.2, 0) is 14.3 Å². The van der Waals surface area contributed by atoms with Crippen LogP contribution in [0.1, 0.15) is 0 Å². The van der Waals surface area contributed by atoms with Gasteiger partial charge in [-0.1, -0.05) is 0 Å². The Kier molecular flexibility index (Phi) is 6.70. The summed E-state index contributed by atoms with van der Waals surface area (Å²) in [5.74, 6) is -1.79. The van der Waals surface area contributed by atoms with Crippen molar-refractivity contribution in [2.24, 2.45) is 0 Å². The SMILES string of the molecule is O=C(NCCN1CCOCC1)C(=O)Nc1ccc(Oc2ccnc3ccsc23)c(F)c1. The number of nitrogens with zero attached hydrogens (tertiary/aromatic N) is 2. The molecule has 31 heavy (non-hydrogen) atoms. The van der Waals surface area contributed by atoms with Crippen LogP contribution in [-0.4, -0.2) is 61.1 Å². The number of hydrogen-bond donors (Lipinski definition) is 2. The first-order valence-electron chi connectivity index (χ1n) is 9.79. The minimum absolute atomic E-state index is 0.00821. The van der Waals surface area contributed by atoms with E-state index in [1.54, 1.807) is 12.3 Å². The summed E-state index contributed by atoms with van der Waals surface area (Å²) in [6.45, 7) is 3.91. The molecule has 2 amide bonds. The number of pyridine rings is 1. The molecule has 1 saturated heterocycles. The van der Waals surface area contributed by atoms with Crippen LogP contribution in [0.5, 0.6) is 11.5 Å². The molecule has 0 bridgehead atoms. The molecule has 3 aromatic rings. The van der Waals surface area contributed by atoms with Crippen molar-refractivity contribution in [1.82, 2.24) is 15.2 Å². The van der Waals surface area contributed by atoms with Gasteiger partial charge in [0.05, 0.1) is 23.4 Å². The fourth-order valence-corrected chi connectivity index (χ4v) is 3.93. The van der Waals surface area contributed by atoms with E-state index in [0.29, 0.717) is 32.1 Å². The van der Waals surface area contributed by atoms with Crippen LogP contribution in [0.15, 0.2) is 41.9 Å². The molecule has 4 rings (SSSR count). The van der Waals surface area contributed by atoms with Gasteiger partial charge in [-0.15, -0.1) is 11.3 Å². The van der Waals surface area contributed by atoms with Gasteiger partial charge in [-0.05, 0) is 23.6 Å². The number of hydrogen-bond acceptors (Lipinski definition) is 7. The lowest BCUT2D eigenvalue weighted by Crippen LogP contribution is -2.43. The van der Waals surface area contributed by atoms with Crippen molar-refractivity contribution in [1.29, 1.82) is 0 Å². The van der Waals surface area contributed by atoms with E-state index in [9.17, 15) is 14.0 Å². The van der Waals surface area contributed by atoms with Crippen LogP contribution in [0.4, 0.5) is 10.1 Å². The molecule has 0 atom stereocenters. The molecule has 0 unspecified atom stereocenters. The molecule has 1 aromatic carbocycles. The van der Waals surface area contributed by atoms with Crippen LogP contribution < -0.4 is 15.4 Å². The van der Waals surface area contributed by atoms with E-state index in [2.05, 4.69) is 20.5 Å². The first kappa shape index (κ1) is 21.2. The molecular formula is C21H21FN4O4S. The molecule has 1 aliphatic heterocycles. The van der Waals surface area contributed by atoms with E-state index in [0.717, 1.165) is 29.4 Å². The second-order valence-corrected chi connectivity index (χ2v) is 7.77. The summed E-state index contributed by atoms with van der Waals surface area (Å²) < 4.78 is 26.3. The van der Waals surface area contributed by atoms with E-state index in [-0.39, 0.29) is 11.4 Å². The van der Waals surface area contributed by atoms with Crippen LogP contribution in [0.2, 0.25) is 0 Å². The molecule has 1 aliphatic rings. The zero-order valence-corrected chi connectivity index (χ0v) is 17.4. The molecule has 2 aromatic heterocycles. The molecular weight excluding hydrogens is 423 g/mol. The molecule has 2 N–H and O–H groups in total. The number of carbonyl (C=O) groups is 2. The van der Waals surface area contributed by atoms with Crippen molar-refractivity contribution in [2.75, 3.05) is 44.7 Å². The Hall–Kier alpha value is -3.08. The number of aromatic nitrogens is 1. The average Bonchev–Trinajstić information content (AvgIpc) is 3.26. The predicted octanol–water partition coefficient (Wildman–Crippen LogP) is 2.61. The number of amides is 2. The maximum Gasteiger partial charge on any atom is 0.313 e. The average molecular weight is 444 g/mol. The molecule has 3 heterocycles. The fraction of sp³-hybridized carbons (Fsp3) is 0.286. The lowest BCUT2D eigenvalue weighted by Gasteiger charge is -2.26. The van der Waals surface area contributed by atoms with E-state index in [1.165, 1.54) is 23.5 Å². The Morgan fingerprint density at radius 3 is 2.81 bits per heavy atom. The molecule has 0 saturated carbocycles. The lowest BCUT2D eigenvalue weighted by molar-refractivity contribution is -0.136. The van der Waals surface area contributed by atoms with E-state index >= 15 is 0 Å². The van der Waals surface area contributed by atoms with Gasteiger partial charge < -0.3 is 20.1 Å². The Morgan fingerprint density at radius 1 is 1.16 bits per heavy atom. The van der Waals surface area contributed by atoms with Gasteiger partial charge in [-0.3, -0.25) is 19.5 Å². The van der Waals surface area contributed by atoms with E-state index in [4.69, 9.17) is 9.47 Å². The molecule has 0 spiro atoms. The highest BCUT2D eigenvalue weighted by atomic mass is 32.1.